The number of carbonyl (C=O) groups excluding carboxylic acids is 5. The van der Waals surface area contributed by atoms with Crippen molar-refractivity contribution in [3.63, 3.8) is 0 Å². The van der Waals surface area contributed by atoms with Crippen LogP contribution in [0, 0.1) is 5.82 Å². The predicted octanol–water partition coefficient (Wildman–Crippen LogP) is 3.08. The van der Waals surface area contributed by atoms with E-state index < -0.39 is 54.3 Å². The second kappa shape index (κ2) is 10.4. The van der Waals surface area contributed by atoms with E-state index >= 15 is 0 Å². The molecule has 0 radical (unpaired) electrons. The monoisotopic (exact) mass is 517 g/mol. The van der Waals surface area contributed by atoms with E-state index in [2.05, 4.69) is 10.6 Å². The van der Waals surface area contributed by atoms with Crippen LogP contribution in [-0.4, -0.2) is 60.0 Å². The van der Waals surface area contributed by atoms with Crippen molar-refractivity contribution in [3.05, 3.63) is 41.0 Å². The number of thiophene rings is 1. The molecule has 1 aromatic heterocycles. The fourth-order valence-electron chi connectivity index (χ4n) is 4.23. The van der Waals surface area contributed by atoms with Crippen LogP contribution in [0.1, 0.15) is 42.3 Å². The Labute approximate surface area is 209 Å². The third kappa shape index (κ3) is 5.23. The van der Waals surface area contributed by atoms with Gasteiger partial charge >= 0.3 is 18.0 Å². The van der Waals surface area contributed by atoms with Crippen LogP contribution in [0.5, 0.6) is 0 Å². The molecule has 10 nitrogen and oxygen atoms in total. The molecule has 2 fully saturated rings. The Morgan fingerprint density at radius 2 is 1.83 bits per heavy atom. The normalized spacial score (nSPS) is 16.2. The van der Waals surface area contributed by atoms with Gasteiger partial charge in [0.15, 0.2) is 6.61 Å². The van der Waals surface area contributed by atoms with Gasteiger partial charge in [-0.05, 0) is 43.5 Å². The maximum Gasteiger partial charge on any atom is 0.350 e. The van der Waals surface area contributed by atoms with Crippen molar-refractivity contribution in [1.82, 2.24) is 10.2 Å². The first-order valence-corrected chi connectivity index (χ1v) is 12.2. The molecule has 0 unspecified atom stereocenters. The molecule has 4 amide bonds. The first-order chi connectivity index (χ1) is 17.2. The summed E-state index contributed by atoms with van der Waals surface area (Å²) >= 11 is 1.06. The average Bonchev–Trinajstić information content (AvgIpc) is 3.54. The molecule has 2 aromatic rings. The van der Waals surface area contributed by atoms with Crippen molar-refractivity contribution >= 4 is 46.8 Å². The third-order valence-electron chi connectivity index (χ3n) is 5.95. The van der Waals surface area contributed by atoms with Gasteiger partial charge < -0.3 is 20.1 Å². The van der Waals surface area contributed by atoms with Gasteiger partial charge in [0.25, 0.3) is 11.8 Å². The second-order valence-electron chi connectivity index (χ2n) is 8.40. The molecular formula is C24H24FN3O7S. The molecule has 1 aromatic carbocycles. The van der Waals surface area contributed by atoms with E-state index in [0.29, 0.717) is 23.3 Å². The van der Waals surface area contributed by atoms with Crippen LogP contribution in [0.25, 0.3) is 10.4 Å². The van der Waals surface area contributed by atoms with Gasteiger partial charge in [0.05, 0.1) is 12.3 Å². The van der Waals surface area contributed by atoms with Crippen LogP contribution in [0.3, 0.4) is 0 Å². The highest BCUT2D eigenvalue weighted by Crippen LogP contribution is 2.36. The number of amides is 4. The van der Waals surface area contributed by atoms with Gasteiger partial charge in [0.2, 0.25) is 0 Å². The second-order valence-corrected chi connectivity index (χ2v) is 9.45. The third-order valence-corrected chi connectivity index (χ3v) is 7.11. The summed E-state index contributed by atoms with van der Waals surface area (Å²) in [5, 5.41) is 5.18. The van der Waals surface area contributed by atoms with Gasteiger partial charge in [-0.25, -0.2) is 14.0 Å². The van der Waals surface area contributed by atoms with Gasteiger partial charge in [0, 0.05) is 4.88 Å². The topological polar surface area (TPSA) is 131 Å². The Hall–Kier alpha value is -3.80. The molecule has 0 atom stereocenters. The number of ether oxygens (including phenoxy) is 2. The first kappa shape index (κ1) is 25.3. The van der Waals surface area contributed by atoms with Crippen LogP contribution in [0.2, 0.25) is 0 Å². The molecule has 1 spiro atoms. The zero-order chi connectivity index (χ0) is 25.9. The van der Waals surface area contributed by atoms with E-state index in [1.165, 1.54) is 30.3 Å². The fraction of sp³-hybridized carbons (Fsp3) is 0.375. The SMILES string of the molecule is CCOC(=O)c1sc(-c2ccc(F)cc2)cc1NC(=O)COC(=O)CN1C(=O)NC2(CCCC2)C1=O. The zero-order valence-electron chi connectivity index (χ0n) is 19.4. The highest BCUT2D eigenvalue weighted by Gasteiger charge is 2.52. The number of rotatable bonds is 8. The lowest BCUT2D eigenvalue weighted by atomic mass is 9.98. The molecule has 1 aliphatic carbocycles. The van der Waals surface area contributed by atoms with Crippen LogP contribution >= 0.6 is 11.3 Å². The van der Waals surface area contributed by atoms with E-state index in [4.69, 9.17) is 9.47 Å². The van der Waals surface area contributed by atoms with E-state index in [1.807, 2.05) is 0 Å². The minimum absolute atomic E-state index is 0.122. The van der Waals surface area contributed by atoms with Crippen molar-refractivity contribution in [1.29, 1.82) is 0 Å². The number of nitrogens with one attached hydrogen (secondary N) is 2. The smallest absolute Gasteiger partial charge is 0.350 e. The number of benzene rings is 1. The fourth-order valence-corrected chi connectivity index (χ4v) is 5.25. The molecule has 2 N–H and O–H groups in total. The predicted molar refractivity (Wildman–Crippen MR) is 127 cm³/mol. The number of halogens is 1. The lowest BCUT2D eigenvalue weighted by Gasteiger charge is -2.19. The molecule has 12 heteroatoms. The molecule has 1 saturated heterocycles. The standard InChI is InChI=1S/C24H24FN3O7S/c1-2-34-21(31)20-16(11-17(36-20)14-5-7-15(25)8-6-14)26-18(29)13-35-19(30)12-28-22(32)24(27-23(28)33)9-3-4-10-24/h5-8,11H,2-4,9-10,12-13H2,1H3,(H,26,29)(H,27,33). The number of carbonyl (C=O) groups is 5. The molecule has 1 saturated carbocycles. The quantitative estimate of drug-likeness (QED) is 0.406. The summed E-state index contributed by atoms with van der Waals surface area (Å²) in [5.74, 6) is -3.18. The Balaban J connectivity index is 1.38. The van der Waals surface area contributed by atoms with E-state index in [1.54, 1.807) is 6.92 Å². The van der Waals surface area contributed by atoms with Crippen molar-refractivity contribution in [2.45, 2.75) is 38.1 Å². The molecule has 36 heavy (non-hydrogen) atoms. The van der Waals surface area contributed by atoms with Crippen LogP contribution in [0.15, 0.2) is 30.3 Å². The maximum atomic E-state index is 13.3. The summed E-state index contributed by atoms with van der Waals surface area (Å²) < 4.78 is 23.3. The van der Waals surface area contributed by atoms with Gasteiger partial charge in [0.1, 0.15) is 22.8 Å². The summed E-state index contributed by atoms with van der Waals surface area (Å²) in [4.78, 5) is 63.5. The molecule has 1 aliphatic heterocycles. The van der Waals surface area contributed by atoms with Gasteiger partial charge in [-0.3, -0.25) is 19.3 Å². The van der Waals surface area contributed by atoms with E-state index in [-0.39, 0.29) is 17.2 Å². The number of esters is 2. The number of imide groups is 1. The molecular weight excluding hydrogens is 493 g/mol. The van der Waals surface area contributed by atoms with Crippen LogP contribution < -0.4 is 10.6 Å². The summed E-state index contributed by atoms with van der Waals surface area (Å²) in [6.07, 6.45) is 2.66. The average molecular weight is 518 g/mol. The highest BCUT2D eigenvalue weighted by atomic mass is 32.1. The molecule has 2 heterocycles. The highest BCUT2D eigenvalue weighted by molar-refractivity contribution is 7.18. The van der Waals surface area contributed by atoms with Crippen molar-refractivity contribution < 1.29 is 37.8 Å². The lowest BCUT2D eigenvalue weighted by Crippen LogP contribution is -2.44. The minimum atomic E-state index is -0.945. The van der Waals surface area contributed by atoms with Gasteiger partial charge in [-0.2, -0.15) is 0 Å². The van der Waals surface area contributed by atoms with Crippen molar-refractivity contribution in [3.8, 4) is 10.4 Å². The number of hydrogen-bond acceptors (Lipinski definition) is 8. The maximum absolute atomic E-state index is 13.3. The number of nitrogens with zero attached hydrogens (tertiary/aromatic N) is 1. The largest absolute Gasteiger partial charge is 0.462 e. The number of urea groups is 1. The van der Waals surface area contributed by atoms with Gasteiger partial charge in [-0.1, -0.05) is 25.0 Å². The van der Waals surface area contributed by atoms with Gasteiger partial charge in [-0.15, -0.1) is 11.3 Å². The summed E-state index contributed by atoms with van der Waals surface area (Å²) in [6, 6.07) is 6.50. The number of hydrogen-bond donors (Lipinski definition) is 2. The molecule has 4 rings (SSSR count). The first-order valence-electron chi connectivity index (χ1n) is 11.4. The lowest BCUT2D eigenvalue weighted by molar-refractivity contribution is -0.150. The Kier molecular flexibility index (Phi) is 7.34. The van der Waals surface area contributed by atoms with E-state index in [9.17, 15) is 28.4 Å². The Bertz CT molecular complexity index is 1200. The van der Waals surface area contributed by atoms with Crippen molar-refractivity contribution in [2.75, 3.05) is 25.1 Å². The Morgan fingerprint density at radius 1 is 1.14 bits per heavy atom. The summed E-state index contributed by atoms with van der Waals surface area (Å²) in [6.45, 7) is 0.459. The van der Waals surface area contributed by atoms with Crippen molar-refractivity contribution in [2.24, 2.45) is 0 Å². The molecule has 190 valence electrons. The summed E-state index contributed by atoms with van der Waals surface area (Å²) in [7, 11) is 0. The molecule has 0 bridgehead atoms. The molecule has 2 aliphatic rings. The van der Waals surface area contributed by atoms with Crippen LogP contribution in [0.4, 0.5) is 14.9 Å². The zero-order valence-corrected chi connectivity index (χ0v) is 20.2. The Morgan fingerprint density at radius 3 is 2.50 bits per heavy atom. The summed E-state index contributed by atoms with van der Waals surface area (Å²) in [5.41, 5.74) is -0.164. The number of anilines is 1. The minimum Gasteiger partial charge on any atom is -0.462 e. The van der Waals surface area contributed by atoms with Crippen LogP contribution in [-0.2, 0) is 23.9 Å². The van der Waals surface area contributed by atoms with E-state index in [0.717, 1.165) is 29.1 Å².